The number of halogens is 1. The second-order valence-corrected chi connectivity index (χ2v) is 5.86. The van der Waals surface area contributed by atoms with E-state index in [1.54, 1.807) is 17.4 Å². The van der Waals surface area contributed by atoms with Gasteiger partial charge < -0.3 is 10.5 Å². The molecule has 3 nitrogen and oxygen atoms in total. The summed E-state index contributed by atoms with van der Waals surface area (Å²) in [5.74, 6) is 0.753. The molecule has 0 fully saturated rings. The summed E-state index contributed by atoms with van der Waals surface area (Å²) in [6.45, 7) is 4.52. The lowest BCUT2D eigenvalue weighted by Crippen LogP contribution is -2.05. The predicted octanol–water partition coefficient (Wildman–Crippen LogP) is 3.96. The Bertz CT molecular complexity index is 554. The van der Waals surface area contributed by atoms with Gasteiger partial charge in [-0.25, -0.2) is 4.98 Å². The number of aryl methyl sites for hydroxylation is 1. The molecule has 0 radical (unpaired) electrons. The number of aromatic nitrogens is 1. The molecule has 2 rings (SSSR count). The summed E-state index contributed by atoms with van der Waals surface area (Å²) in [6.07, 6.45) is 0.893. The number of rotatable bonds is 5. The van der Waals surface area contributed by atoms with Crippen LogP contribution in [0.15, 0.2) is 24.3 Å². The van der Waals surface area contributed by atoms with Crippen LogP contribution in [0.2, 0.25) is 5.02 Å². The van der Waals surface area contributed by atoms with Gasteiger partial charge in [-0.1, -0.05) is 24.6 Å². The minimum absolute atomic E-state index is 0.0207. The van der Waals surface area contributed by atoms with Crippen LogP contribution in [0.1, 0.15) is 35.5 Å². The van der Waals surface area contributed by atoms with Gasteiger partial charge in [-0.05, 0) is 31.5 Å². The number of benzene rings is 1. The minimum Gasteiger partial charge on any atom is -0.486 e. The third-order valence-corrected chi connectivity index (χ3v) is 4.19. The van der Waals surface area contributed by atoms with Gasteiger partial charge in [-0.2, -0.15) is 0 Å². The molecule has 0 aliphatic carbocycles. The molecule has 0 saturated carbocycles. The van der Waals surface area contributed by atoms with E-state index in [0.29, 0.717) is 11.6 Å². The Morgan fingerprint density at radius 3 is 2.84 bits per heavy atom. The lowest BCUT2D eigenvalue weighted by molar-refractivity contribution is 0.305. The predicted molar refractivity (Wildman–Crippen MR) is 79.9 cm³/mol. The molecule has 2 N–H and O–H groups in total. The van der Waals surface area contributed by atoms with Crippen LogP contribution in [0.5, 0.6) is 5.75 Å². The highest BCUT2D eigenvalue weighted by atomic mass is 35.5. The quantitative estimate of drug-likeness (QED) is 0.908. The molecule has 1 unspecified atom stereocenters. The van der Waals surface area contributed by atoms with Gasteiger partial charge in [0.1, 0.15) is 17.4 Å². The normalized spacial score (nSPS) is 12.4. The molecule has 1 aromatic carbocycles. The van der Waals surface area contributed by atoms with Crippen LogP contribution < -0.4 is 10.5 Å². The lowest BCUT2D eigenvalue weighted by atomic mass is 10.2. The molecule has 19 heavy (non-hydrogen) atoms. The minimum atomic E-state index is 0.0207. The highest BCUT2D eigenvalue weighted by Gasteiger charge is 2.13. The highest BCUT2D eigenvalue weighted by molar-refractivity contribution is 7.11. The Hall–Kier alpha value is -1.10. The van der Waals surface area contributed by atoms with Gasteiger partial charge in [0, 0.05) is 15.9 Å². The number of nitrogens with two attached hydrogens (primary N) is 1. The van der Waals surface area contributed by atoms with Crippen molar-refractivity contribution in [3.05, 3.63) is 44.9 Å². The average molecular weight is 297 g/mol. The second-order valence-electron chi connectivity index (χ2n) is 4.31. The van der Waals surface area contributed by atoms with Gasteiger partial charge >= 0.3 is 0 Å². The molecular weight excluding hydrogens is 280 g/mol. The summed E-state index contributed by atoms with van der Waals surface area (Å²) in [4.78, 5) is 5.71. The van der Waals surface area contributed by atoms with Crippen LogP contribution >= 0.6 is 22.9 Å². The Kier molecular flexibility index (Phi) is 4.80. The number of thiazole rings is 1. The summed E-state index contributed by atoms with van der Waals surface area (Å²) >= 11 is 7.53. The first-order valence-electron chi connectivity index (χ1n) is 6.22. The summed E-state index contributed by atoms with van der Waals surface area (Å²) < 4.78 is 5.69. The Morgan fingerprint density at radius 1 is 1.47 bits per heavy atom. The zero-order valence-corrected chi connectivity index (χ0v) is 12.6. The zero-order chi connectivity index (χ0) is 13.8. The number of hydrogen-bond donors (Lipinski definition) is 1. The van der Waals surface area contributed by atoms with Crippen LogP contribution in [0.25, 0.3) is 0 Å². The summed E-state index contributed by atoms with van der Waals surface area (Å²) in [5, 5.41) is 1.62. The SMILES string of the molecule is CCc1nc(COc2cccc(Cl)c2)sc1C(C)N. The molecule has 0 amide bonds. The molecule has 0 aliphatic heterocycles. The molecule has 0 saturated heterocycles. The van der Waals surface area contributed by atoms with Gasteiger partial charge in [0.2, 0.25) is 0 Å². The molecule has 0 bridgehead atoms. The lowest BCUT2D eigenvalue weighted by Gasteiger charge is -2.03. The molecule has 1 aromatic heterocycles. The van der Waals surface area contributed by atoms with Gasteiger partial charge in [0.05, 0.1) is 5.69 Å². The molecule has 2 aromatic rings. The maximum absolute atomic E-state index is 5.94. The first-order valence-corrected chi connectivity index (χ1v) is 7.42. The zero-order valence-electron chi connectivity index (χ0n) is 11.0. The fraction of sp³-hybridized carbons (Fsp3) is 0.357. The topological polar surface area (TPSA) is 48.1 Å². The van der Waals surface area contributed by atoms with Crippen LogP contribution in [0.4, 0.5) is 0 Å². The highest BCUT2D eigenvalue weighted by Crippen LogP contribution is 2.26. The Morgan fingerprint density at radius 2 is 2.26 bits per heavy atom. The van der Waals surface area contributed by atoms with Crippen molar-refractivity contribution in [2.75, 3.05) is 0 Å². The maximum Gasteiger partial charge on any atom is 0.140 e. The van der Waals surface area contributed by atoms with E-state index in [0.717, 1.165) is 27.7 Å². The van der Waals surface area contributed by atoms with Crippen molar-refractivity contribution in [2.24, 2.45) is 5.73 Å². The van der Waals surface area contributed by atoms with Crippen molar-refractivity contribution >= 4 is 22.9 Å². The molecule has 1 atom stereocenters. The van der Waals surface area contributed by atoms with E-state index in [1.807, 2.05) is 25.1 Å². The molecule has 102 valence electrons. The number of hydrogen-bond acceptors (Lipinski definition) is 4. The van der Waals surface area contributed by atoms with Crippen molar-refractivity contribution in [3.63, 3.8) is 0 Å². The van der Waals surface area contributed by atoms with Crippen molar-refractivity contribution in [1.82, 2.24) is 4.98 Å². The summed E-state index contributed by atoms with van der Waals surface area (Å²) in [5.41, 5.74) is 7.02. The molecule has 0 spiro atoms. The fourth-order valence-corrected chi connectivity index (χ4v) is 2.99. The Labute approximate surface area is 122 Å². The smallest absolute Gasteiger partial charge is 0.140 e. The van der Waals surface area contributed by atoms with E-state index in [4.69, 9.17) is 22.1 Å². The van der Waals surface area contributed by atoms with E-state index in [9.17, 15) is 0 Å². The largest absolute Gasteiger partial charge is 0.486 e. The van der Waals surface area contributed by atoms with Gasteiger partial charge in [0.25, 0.3) is 0 Å². The molecular formula is C14H17ClN2OS. The van der Waals surface area contributed by atoms with Crippen LogP contribution in [-0.4, -0.2) is 4.98 Å². The van der Waals surface area contributed by atoms with Crippen LogP contribution in [0, 0.1) is 0 Å². The summed E-state index contributed by atoms with van der Waals surface area (Å²) in [6, 6.07) is 7.38. The average Bonchev–Trinajstić information content (AvgIpc) is 2.80. The van der Waals surface area contributed by atoms with E-state index in [2.05, 4.69) is 11.9 Å². The van der Waals surface area contributed by atoms with Crippen LogP contribution in [-0.2, 0) is 13.0 Å². The van der Waals surface area contributed by atoms with Crippen molar-refractivity contribution < 1.29 is 4.74 Å². The first-order chi connectivity index (χ1) is 9.10. The fourth-order valence-electron chi connectivity index (χ4n) is 1.79. The second kappa shape index (κ2) is 6.37. The van der Waals surface area contributed by atoms with E-state index in [1.165, 1.54) is 0 Å². The molecule has 5 heteroatoms. The third kappa shape index (κ3) is 3.69. The van der Waals surface area contributed by atoms with E-state index >= 15 is 0 Å². The van der Waals surface area contributed by atoms with E-state index in [-0.39, 0.29) is 6.04 Å². The van der Waals surface area contributed by atoms with Crippen molar-refractivity contribution in [3.8, 4) is 5.75 Å². The maximum atomic E-state index is 5.94. The van der Waals surface area contributed by atoms with Crippen molar-refractivity contribution in [1.29, 1.82) is 0 Å². The first kappa shape index (κ1) is 14.3. The molecule has 0 aliphatic rings. The van der Waals surface area contributed by atoms with Gasteiger partial charge in [-0.3, -0.25) is 0 Å². The van der Waals surface area contributed by atoms with Gasteiger partial charge in [0.15, 0.2) is 0 Å². The Balaban J connectivity index is 2.07. The van der Waals surface area contributed by atoms with Crippen molar-refractivity contribution in [2.45, 2.75) is 32.9 Å². The number of nitrogens with zero attached hydrogens (tertiary/aromatic N) is 1. The number of ether oxygens (including phenoxy) is 1. The standard InChI is InChI=1S/C14H17ClN2OS/c1-3-12-14(9(2)16)19-13(17-12)8-18-11-6-4-5-10(15)7-11/h4-7,9H,3,8,16H2,1-2H3. The molecule has 1 heterocycles. The van der Waals surface area contributed by atoms with Crippen LogP contribution in [0.3, 0.4) is 0 Å². The monoisotopic (exact) mass is 296 g/mol. The van der Waals surface area contributed by atoms with Gasteiger partial charge in [-0.15, -0.1) is 11.3 Å². The van der Waals surface area contributed by atoms with E-state index < -0.39 is 0 Å². The third-order valence-electron chi connectivity index (χ3n) is 2.68. The summed E-state index contributed by atoms with van der Waals surface area (Å²) in [7, 11) is 0.